The van der Waals surface area contributed by atoms with Crippen molar-refractivity contribution in [3.8, 4) is 5.69 Å². The van der Waals surface area contributed by atoms with Crippen LogP contribution in [0.5, 0.6) is 0 Å². The Morgan fingerprint density at radius 2 is 1.57 bits per heavy atom. The Bertz CT molecular complexity index is 922. The van der Waals surface area contributed by atoms with Gasteiger partial charge in [-0.05, 0) is 99.8 Å². The van der Waals surface area contributed by atoms with Crippen molar-refractivity contribution in [3.63, 3.8) is 0 Å². The molecule has 0 saturated heterocycles. The zero-order valence-corrected chi connectivity index (χ0v) is 17.1. The van der Waals surface area contributed by atoms with E-state index in [9.17, 15) is 13.2 Å². The van der Waals surface area contributed by atoms with Crippen LogP contribution in [0.1, 0.15) is 68.2 Å². The van der Waals surface area contributed by atoms with Crippen molar-refractivity contribution in [1.82, 2.24) is 9.78 Å². The molecule has 4 saturated carbocycles. The fraction of sp³-hybridized carbons (Fsp3) is 0.625. The van der Waals surface area contributed by atoms with Gasteiger partial charge in [0.05, 0.1) is 16.9 Å². The smallest absolute Gasteiger partial charge is 0.370 e. The highest BCUT2D eigenvalue weighted by atomic mass is 19.4. The molecule has 4 bridgehead atoms. The lowest BCUT2D eigenvalue weighted by Gasteiger charge is -2.56. The van der Waals surface area contributed by atoms with Gasteiger partial charge in [0.25, 0.3) is 0 Å². The summed E-state index contributed by atoms with van der Waals surface area (Å²) in [5.74, 6) is 3.52. The summed E-state index contributed by atoms with van der Waals surface area (Å²) in [6.45, 7) is 0.889. The molecule has 1 N–H and O–H groups in total. The predicted molar refractivity (Wildman–Crippen MR) is 110 cm³/mol. The van der Waals surface area contributed by atoms with Gasteiger partial charge in [-0.3, -0.25) is 0 Å². The summed E-state index contributed by atoms with van der Waals surface area (Å²) < 4.78 is 41.0. The van der Waals surface area contributed by atoms with Gasteiger partial charge in [0.2, 0.25) is 0 Å². The molecule has 0 spiro atoms. The highest BCUT2D eigenvalue weighted by Crippen LogP contribution is 2.61. The molecular formula is C24H28F3N3. The van der Waals surface area contributed by atoms with Crippen molar-refractivity contribution in [3.05, 3.63) is 41.1 Å². The molecule has 0 radical (unpaired) electrons. The van der Waals surface area contributed by atoms with E-state index in [4.69, 9.17) is 5.10 Å². The summed E-state index contributed by atoms with van der Waals surface area (Å²) in [6.07, 6.45) is 6.85. The number of benzene rings is 1. The lowest BCUT2D eigenvalue weighted by Crippen LogP contribution is -2.49. The van der Waals surface area contributed by atoms with Gasteiger partial charge in [-0.2, -0.15) is 18.3 Å². The number of hydrogen-bond donors (Lipinski definition) is 1. The Kier molecular flexibility index (Phi) is 4.07. The van der Waals surface area contributed by atoms with Crippen LogP contribution in [0.3, 0.4) is 0 Å². The molecule has 160 valence electrons. The van der Waals surface area contributed by atoms with E-state index in [0.717, 1.165) is 49.4 Å². The minimum atomic E-state index is -4.32. The van der Waals surface area contributed by atoms with Crippen molar-refractivity contribution in [2.75, 3.05) is 11.9 Å². The average molecular weight is 416 g/mol. The molecule has 4 fully saturated rings. The van der Waals surface area contributed by atoms with E-state index in [1.165, 1.54) is 61.9 Å². The first-order valence-electron chi connectivity index (χ1n) is 11.5. The van der Waals surface area contributed by atoms with Crippen molar-refractivity contribution in [2.45, 2.75) is 69.4 Å². The number of nitrogens with one attached hydrogen (secondary N) is 1. The summed E-state index contributed by atoms with van der Waals surface area (Å²) in [5.41, 5.74) is 2.87. The molecule has 6 heteroatoms. The maximum absolute atomic E-state index is 13.0. The third kappa shape index (κ3) is 2.89. The molecule has 5 aliphatic rings. The van der Waals surface area contributed by atoms with Gasteiger partial charge in [-0.25, -0.2) is 4.68 Å². The van der Waals surface area contributed by atoms with Gasteiger partial charge in [-0.15, -0.1) is 0 Å². The standard InChI is InChI=1S/C24H28F3N3/c25-24(26,27)18-4-6-19(7-5-18)30-22-20(3-1-2-8-28-22)21(29-30)23-12-15-9-16(13-23)11-17(10-15)14-23/h4-7,15-17,28H,1-3,8-14H2. The quantitative estimate of drug-likeness (QED) is 0.642. The number of halogens is 3. The van der Waals surface area contributed by atoms with Crippen LogP contribution >= 0.6 is 0 Å². The molecule has 30 heavy (non-hydrogen) atoms. The maximum Gasteiger partial charge on any atom is 0.416 e. The number of hydrogen-bond acceptors (Lipinski definition) is 2. The summed E-state index contributed by atoms with van der Waals surface area (Å²) in [6, 6.07) is 5.47. The van der Waals surface area contributed by atoms with E-state index in [-0.39, 0.29) is 5.41 Å². The monoisotopic (exact) mass is 415 g/mol. The van der Waals surface area contributed by atoms with E-state index in [2.05, 4.69) is 5.32 Å². The van der Waals surface area contributed by atoms with Crippen molar-refractivity contribution in [1.29, 1.82) is 0 Å². The Morgan fingerprint density at radius 1 is 0.933 bits per heavy atom. The van der Waals surface area contributed by atoms with Crippen LogP contribution in [0.15, 0.2) is 24.3 Å². The number of fused-ring (bicyclic) bond motifs is 1. The largest absolute Gasteiger partial charge is 0.416 e. The second-order valence-electron chi connectivity index (χ2n) is 10.2. The molecular weight excluding hydrogens is 387 g/mol. The molecule has 0 amide bonds. The molecule has 1 aliphatic heterocycles. The van der Waals surface area contributed by atoms with Crippen LogP contribution in [0, 0.1) is 17.8 Å². The minimum Gasteiger partial charge on any atom is -0.370 e. The third-order valence-electron chi connectivity index (χ3n) is 8.11. The minimum absolute atomic E-state index is 0.183. The maximum atomic E-state index is 13.0. The molecule has 3 nitrogen and oxygen atoms in total. The average Bonchev–Trinajstić information content (AvgIpc) is 2.89. The topological polar surface area (TPSA) is 29.9 Å². The second kappa shape index (κ2) is 6.51. The van der Waals surface area contributed by atoms with Gasteiger partial charge in [0.1, 0.15) is 5.82 Å². The predicted octanol–water partition coefficient (Wildman–Crippen LogP) is 6.11. The number of anilines is 1. The highest BCUT2D eigenvalue weighted by molar-refractivity contribution is 5.56. The van der Waals surface area contributed by atoms with E-state index >= 15 is 0 Å². The fourth-order valence-electron chi connectivity index (χ4n) is 7.31. The van der Waals surface area contributed by atoms with Crippen LogP contribution < -0.4 is 5.32 Å². The zero-order chi connectivity index (χ0) is 20.5. The Hall–Kier alpha value is -1.98. The third-order valence-corrected chi connectivity index (χ3v) is 8.11. The van der Waals surface area contributed by atoms with E-state index < -0.39 is 11.7 Å². The summed E-state index contributed by atoms with van der Waals surface area (Å²) >= 11 is 0. The molecule has 7 rings (SSSR count). The molecule has 0 unspecified atom stereocenters. The SMILES string of the molecule is FC(F)(F)c1ccc(-n2nc(C34CC5CC(CC(C5)C3)C4)c3c2NCCCC3)cc1. The van der Waals surface area contributed by atoms with Crippen LogP contribution in [0.2, 0.25) is 0 Å². The van der Waals surface area contributed by atoms with Crippen molar-refractivity contribution < 1.29 is 13.2 Å². The molecule has 4 aliphatic carbocycles. The van der Waals surface area contributed by atoms with Gasteiger partial charge in [0, 0.05) is 17.5 Å². The van der Waals surface area contributed by atoms with Gasteiger partial charge in [-0.1, -0.05) is 0 Å². The molecule has 1 aromatic carbocycles. The Balaban J connectivity index is 1.45. The molecule has 0 atom stereocenters. The number of alkyl halides is 3. The second-order valence-corrected chi connectivity index (χ2v) is 10.2. The molecule has 2 heterocycles. The van der Waals surface area contributed by atoms with Crippen LogP contribution in [-0.4, -0.2) is 16.3 Å². The lowest BCUT2D eigenvalue weighted by molar-refractivity contribution is -0.137. The first-order chi connectivity index (χ1) is 14.4. The molecule has 1 aromatic heterocycles. The fourth-order valence-corrected chi connectivity index (χ4v) is 7.31. The highest BCUT2D eigenvalue weighted by Gasteiger charge is 2.53. The number of aromatic nitrogens is 2. The first-order valence-corrected chi connectivity index (χ1v) is 11.5. The number of nitrogens with zero attached hydrogens (tertiary/aromatic N) is 2. The van der Waals surface area contributed by atoms with Gasteiger partial charge < -0.3 is 5.32 Å². The van der Waals surface area contributed by atoms with E-state index in [1.54, 1.807) is 12.1 Å². The Morgan fingerprint density at radius 3 is 2.17 bits per heavy atom. The van der Waals surface area contributed by atoms with E-state index in [0.29, 0.717) is 5.69 Å². The first kappa shape index (κ1) is 18.8. The van der Waals surface area contributed by atoms with Crippen LogP contribution in [0.4, 0.5) is 19.0 Å². The summed E-state index contributed by atoms with van der Waals surface area (Å²) in [4.78, 5) is 0. The Labute approximate surface area is 175 Å². The van der Waals surface area contributed by atoms with Gasteiger partial charge >= 0.3 is 6.18 Å². The zero-order valence-electron chi connectivity index (χ0n) is 17.1. The van der Waals surface area contributed by atoms with Crippen molar-refractivity contribution >= 4 is 5.82 Å². The molecule has 2 aromatic rings. The summed E-state index contributed by atoms with van der Waals surface area (Å²) in [7, 11) is 0. The normalized spacial score (nSPS) is 32.6. The van der Waals surface area contributed by atoms with Gasteiger partial charge in [0.15, 0.2) is 0 Å². The van der Waals surface area contributed by atoms with Crippen LogP contribution in [-0.2, 0) is 18.0 Å². The summed E-state index contributed by atoms with van der Waals surface area (Å²) in [5, 5.41) is 8.73. The van der Waals surface area contributed by atoms with Crippen LogP contribution in [0.25, 0.3) is 5.69 Å². The lowest BCUT2D eigenvalue weighted by atomic mass is 9.48. The number of rotatable bonds is 2. The van der Waals surface area contributed by atoms with E-state index in [1.807, 2.05) is 4.68 Å². The van der Waals surface area contributed by atoms with Crippen molar-refractivity contribution in [2.24, 2.45) is 17.8 Å².